The molecule has 142 valence electrons. The molecule has 1 saturated heterocycles. The molecule has 0 saturated carbocycles. The van der Waals surface area contributed by atoms with E-state index in [1.54, 1.807) is 4.90 Å². The predicted octanol–water partition coefficient (Wildman–Crippen LogP) is 1.61. The van der Waals surface area contributed by atoms with Crippen molar-refractivity contribution in [3.8, 4) is 0 Å². The normalized spacial score (nSPS) is 22.8. The van der Waals surface area contributed by atoms with Gasteiger partial charge in [-0.3, -0.25) is 9.69 Å². The fraction of sp³-hybridized carbons (Fsp3) is 0.600. The first-order valence-corrected chi connectivity index (χ1v) is 9.32. The molecule has 1 aromatic rings. The van der Waals surface area contributed by atoms with E-state index in [0.717, 1.165) is 37.1 Å². The van der Waals surface area contributed by atoms with E-state index in [0.29, 0.717) is 13.0 Å². The fourth-order valence-corrected chi connectivity index (χ4v) is 3.82. The summed E-state index contributed by atoms with van der Waals surface area (Å²) in [7, 11) is 3.30. The van der Waals surface area contributed by atoms with Crippen LogP contribution in [-0.2, 0) is 32.0 Å². The number of amides is 1. The summed E-state index contributed by atoms with van der Waals surface area (Å²) in [5.74, 6) is -0.403. The minimum atomic E-state index is -0.554. The minimum Gasteiger partial charge on any atom is -0.467 e. The van der Waals surface area contributed by atoms with Gasteiger partial charge in [0.15, 0.2) is 0 Å². The summed E-state index contributed by atoms with van der Waals surface area (Å²) < 4.78 is 10.7. The predicted molar refractivity (Wildman–Crippen MR) is 97.6 cm³/mol. The number of carbonyl (C=O) groups excluding carboxylic acids is 2. The van der Waals surface area contributed by atoms with Crippen molar-refractivity contribution in [1.82, 2.24) is 9.80 Å². The van der Waals surface area contributed by atoms with Crippen LogP contribution in [0.2, 0.25) is 0 Å². The molecule has 6 heteroatoms. The maximum atomic E-state index is 12.9. The van der Waals surface area contributed by atoms with Gasteiger partial charge >= 0.3 is 5.97 Å². The minimum absolute atomic E-state index is 0.0480. The molecule has 3 rings (SSSR count). The van der Waals surface area contributed by atoms with E-state index in [4.69, 9.17) is 9.47 Å². The number of hydrogen-bond donors (Lipinski definition) is 0. The van der Waals surface area contributed by atoms with Crippen LogP contribution in [0.1, 0.15) is 30.4 Å². The first kappa shape index (κ1) is 18.9. The van der Waals surface area contributed by atoms with Gasteiger partial charge in [-0.05, 0) is 37.4 Å². The molecule has 6 nitrogen and oxygen atoms in total. The third-order valence-electron chi connectivity index (χ3n) is 5.24. The molecule has 2 aliphatic heterocycles. The van der Waals surface area contributed by atoms with Crippen LogP contribution in [0.3, 0.4) is 0 Å². The summed E-state index contributed by atoms with van der Waals surface area (Å²) in [6.45, 7) is 2.26. The molecule has 0 radical (unpaired) electrons. The Morgan fingerprint density at radius 2 is 2.04 bits per heavy atom. The molecule has 2 atom stereocenters. The molecule has 0 aliphatic carbocycles. The van der Waals surface area contributed by atoms with E-state index < -0.39 is 6.04 Å². The molecule has 1 amide bonds. The highest BCUT2D eigenvalue weighted by Crippen LogP contribution is 2.24. The second-order valence-corrected chi connectivity index (χ2v) is 7.22. The highest BCUT2D eigenvalue weighted by Gasteiger charge is 2.35. The fourth-order valence-electron chi connectivity index (χ4n) is 3.82. The highest BCUT2D eigenvalue weighted by atomic mass is 16.5. The van der Waals surface area contributed by atoms with Gasteiger partial charge in [0.1, 0.15) is 6.04 Å². The van der Waals surface area contributed by atoms with E-state index in [1.807, 2.05) is 36.2 Å². The Hall–Kier alpha value is -1.92. The average molecular weight is 360 g/mol. The van der Waals surface area contributed by atoms with Crippen LogP contribution in [-0.4, -0.2) is 67.7 Å². The maximum absolute atomic E-state index is 12.9. The largest absolute Gasteiger partial charge is 0.467 e. The van der Waals surface area contributed by atoms with Gasteiger partial charge in [0.25, 0.3) is 0 Å². The van der Waals surface area contributed by atoms with Crippen LogP contribution in [0.25, 0.3) is 0 Å². The summed E-state index contributed by atoms with van der Waals surface area (Å²) in [5, 5.41) is 0. The SMILES string of the molecule is COC(=O)C1Cc2ccccc2CN1C(=O)CN(C)CC1CCCCO1. The first-order chi connectivity index (χ1) is 12.6. The van der Waals surface area contributed by atoms with E-state index in [2.05, 4.69) is 0 Å². The Kier molecular flexibility index (Phi) is 6.27. The second-order valence-electron chi connectivity index (χ2n) is 7.22. The molecule has 0 aromatic heterocycles. The summed E-state index contributed by atoms with van der Waals surface area (Å²) in [4.78, 5) is 28.8. The van der Waals surface area contributed by atoms with Crippen molar-refractivity contribution in [3.63, 3.8) is 0 Å². The number of nitrogens with zero attached hydrogens (tertiary/aromatic N) is 2. The highest BCUT2D eigenvalue weighted by molar-refractivity contribution is 5.86. The van der Waals surface area contributed by atoms with Crippen LogP contribution in [0, 0.1) is 0 Å². The molecular weight excluding hydrogens is 332 g/mol. The van der Waals surface area contributed by atoms with Crippen LogP contribution in [0.4, 0.5) is 0 Å². The lowest BCUT2D eigenvalue weighted by atomic mass is 9.94. The Balaban J connectivity index is 1.66. The molecular formula is C20H28N2O4. The summed E-state index contributed by atoms with van der Waals surface area (Å²) in [6, 6.07) is 7.40. The van der Waals surface area contributed by atoms with Crippen molar-refractivity contribution in [2.24, 2.45) is 0 Å². The van der Waals surface area contributed by atoms with Crippen LogP contribution in [0.5, 0.6) is 0 Å². The van der Waals surface area contributed by atoms with Crippen molar-refractivity contribution < 1.29 is 19.1 Å². The first-order valence-electron chi connectivity index (χ1n) is 9.32. The van der Waals surface area contributed by atoms with Crippen molar-refractivity contribution >= 4 is 11.9 Å². The zero-order valence-corrected chi connectivity index (χ0v) is 15.6. The monoisotopic (exact) mass is 360 g/mol. The topological polar surface area (TPSA) is 59.1 Å². The van der Waals surface area contributed by atoms with Gasteiger partial charge < -0.3 is 14.4 Å². The smallest absolute Gasteiger partial charge is 0.328 e. The number of methoxy groups -OCH3 is 1. The second kappa shape index (κ2) is 8.64. The number of hydrogen-bond acceptors (Lipinski definition) is 5. The Labute approximate surface area is 155 Å². The third-order valence-corrected chi connectivity index (χ3v) is 5.24. The van der Waals surface area contributed by atoms with Crippen molar-refractivity contribution in [2.45, 2.75) is 44.4 Å². The molecule has 0 bridgehead atoms. The molecule has 1 aromatic carbocycles. The number of ether oxygens (including phenoxy) is 2. The van der Waals surface area contributed by atoms with Gasteiger partial charge in [0, 0.05) is 26.1 Å². The molecule has 1 fully saturated rings. The summed E-state index contributed by atoms with van der Waals surface area (Å²) in [6.07, 6.45) is 4.04. The molecule has 26 heavy (non-hydrogen) atoms. The van der Waals surface area contributed by atoms with E-state index >= 15 is 0 Å². The van der Waals surface area contributed by atoms with Crippen molar-refractivity contribution in [2.75, 3.05) is 33.9 Å². The lowest BCUT2D eigenvalue weighted by molar-refractivity contribution is -0.154. The lowest BCUT2D eigenvalue weighted by Crippen LogP contribution is -2.52. The van der Waals surface area contributed by atoms with E-state index in [-0.39, 0.29) is 24.5 Å². The average Bonchev–Trinajstić information content (AvgIpc) is 2.67. The van der Waals surface area contributed by atoms with Gasteiger partial charge in [0.2, 0.25) is 5.91 Å². The molecule has 2 unspecified atom stereocenters. The molecule has 0 N–H and O–H groups in total. The van der Waals surface area contributed by atoms with E-state index in [9.17, 15) is 9.59 Å². The zero-order chi connectivity index (χ0) is 18.5. The van der Waals surface area contributed by atoms with Crippen LogP contribution >= 0.6 is 0 Å². The Morgan fingerprint density at radius 3 is 2.73 bits per heavy atom. The zero-order valence-electron chi connectivity index (χ0n) is 15.6. The van der Waals surface area contributed by atoms with Gasteiger partial charge in [-0.2, -0.15) is 0 Å². The Morgan fingerprint density at radius 1 is 1.27 bits per heavy atom. The number of carbonyl (C=O) groups is 2. The van der Waals surface area contributed by atoms with E-state index in [1.165, 1.54) is 13.5 Å². The lowest BCUT2D eigenvalue weighted by Gasteiger charge is -2.36. The molecule has 2 aliphatic rings. The quantitative estimate of drug-likeness (QED) is 0.747. The van der Waals surface area contributed by atoms with Crippen LogP contribution < -0.4 is 0 Å². The molecule has 0 spiro atoms. The number of esters is 1. The van der Waals surface area contributed by atoms with Gasteiger partial charge in [-0.15, -0.1) is 0 Å². The van der Waals surface area contributed by atoms with Gasteiger partial charge in [-0.25, -0.2) is 4.79 Å². The maximum Gasteiger partial charge on any atom is 0.328 e. The third kappa shape index (κ3) is 4.43. The summed E-state index contributed by atoms with van der Waals surface area (Å²) >= 11 is 0. The molecule has 2 heterocycles. The van der Waals surface area contributed by atoms with Crippen molar-refractivity contribution in [1.29, 1.82) is 0 Å². The Bertz CT molecular complexity index is 642. The number of likely N-dealkylation sites (N-methyl/N-ethyl adjacent to an activating group) is 1. The number of fused-ring (bicyclic) bond motifs is 1. The van der Waals surface area contributed by atoms with Crippen LogP contribution in [0.15, 0.2) is 24.3 Å². The van der Waals surface area contributed by atoms with Gasteiger partial charge in [-0.1, -0.05) is 24.3 Å². The van der Waals surface area contributed by atoms with Gasteiger partial charge in [0.05, 0.1) is 19.8 Å². The number of rotatable bonds is 5. The number of benzene rings is 1. The van der Waals surface area contributed by atoms with Crippen molar-refractivity contribution in [3.05, 3.63) is 35.4 Å². The summed E-state index contributed by atoms with van der Waals surface area (Å²) in [5.41, 5.74) is 2.20. The standard InChI is InChI=1S/C20H28N2O4/c1-21(13-17-9-5-6-10-26-17)14-19(23)22-12-16-8-4-3-7-15(16)11-18(22)20(24)25-2/h3-4,7-8,17-18H,5-6,9-14H2,1-2H3.